The molecule has 0 atom stereocenters. The van der Waals surface area contributed by atoms with Gasteiger partial charge in [-0.05, 0) is 49.2 Å². The first-order chi connectivity index (χ1) is 9.52. The van der Waals surface area contributed by atoms with Gasteiger partial charge in [-0.3, -0.25) is 4.79 Å². The molecule has 0 saturated carbocycles. The van der Waals surface area contributed by atoms with Crippen molar-refractivity contribution >= 4 is 17.4 Å². The van der Waals surface area contributed by atoms with Crippen LogP contribution in [0.2, 0.25) is 5.02 Å². The molecular weight excluding hydrogens is 272 g/mol. The van der Waals surface area contributed by atoms with E-state index in [0.29, 0.717) is 23.5 Å². The standard InChI is InChI=1S/C17H17ClO2/c1-4-15(19)14-7-5-6-8-16(14)20-13-9-11(2)17(18)12(3)10-13/h5-10H,4H2,1-3H3. The van der Waals surface area contributed by atoms with Crippen LogP contribution in [0.5, 0.6) is 11.5 Å². The van der Waals surface area contributed by atoms with Gasteiger partial charge in [0.1, 0.15) is 11.5 Å². The first-order valence-corrected chi connectivity index (χ1v) is 6.97. The summed E-state index contributed by atoms with van der Waals surface area (Å²) >= 11 is 6.15. The molecule has 0 aliphatic heterocycles. The van der Waals surface area contributed by atoms with Gasteiger partial charge in [0, 0.05) is 11.4 Å². The van der Waals surface area contributed by atoms with Gasteiger partial charge in [0.05, 0.1) is 5.56 Å². The second kappa shape index (κ2) is 6.10. The minimum atomic E-state index is 0.0722. The van der Waals surface area contributed by atoms with E-state index in [-0.39, 0.29) is 5.78 Å². The van der Waals surface area contributed by atoms with E-state index in [4.69, 9.17) is 16.3 Å². The fourth-order valence-electron chi connectivity index (χ4n) is 2.07. The molecule has 0 bridgehead atoms. The molecule has 2 aromatic carbocycles. The van der Waals surface area contributed by atoms with Crippen molar-refractivity contribution in [3.8, 4) is 11.5 Å². The summed E-state index contributed by atoms with van der Waals surface area (Å²) in [7, 11) is 0. The lowest BCUT2D eigenvalue weighted by atomic mass is 10.1. The maximum atomic E-state index is 11.9. The molecule has 0 spiro atoms. The van der Waals surface area contributed by atoms with Gasteiger partial charge in [-0.1, -0.05) is 30.7 Å². The summed E-state index contributed by atoms with van der Waals surface area (Å²) < 4.78 is 5.87. The van der Waals surface area contributed by atoms with Crippen LogP contribution in [0.3, 0.4) is 0 Å². The normalized spacial score (nSPS) is 10.4. The largest absolute Gasteiger partial charge is 0.457 e. The van der Waals surface area contributed by atoms with Crippen LogP contribution in [0.25, 0.3) is 0 Å². The Labute approximate surface area is 124 Å². The summed E-state index contributed by atoms with van der Waals surface area (Å²) in [5, 5.41) is 0.746. The summed E-state index contributed by atoms with van der Waals surface area (Å²) in [6.07, 6.45) is 0.457. The number of hydrogen-bond donors (Lipinski definition) is 0. The lowest BCUT2D eigenvalue weighted by Crippen LogP contribution is -2.00. The maximum Gasteiger partial charge on any atom is 0.166 e. The van der Waals surface area contributed by atoms with Gasteiger partial charge in [0.15, 0.2) is 5.78 Å². The molecule has 2 aromatic rings. The minimum absolute atomic E-state index is 0.0722. The SMILES string of the molecule is CCC(=O)c1ccccc1Oc1cc(C)c(Cl)c(C)c1. The summed E-state index contributed by atoms with van der Waals surface area (Å²) in [6, 6.07) is 11.1. The van der Waals surface area contributed by atoms with Crippen LogP contribution >= 0.6 is 11.6 Å². The summed E-state index contributed by atoms with van der Waals surface area (Å²) in [5.74, 6) is 1.35. The van der Waals surface area contributed by atoms with Crippen molar-refractivity contribution in [2.75, 3.05) is 0 Å². The van der Waals surface area contributed by atoms with E-state index >= 15 is 0 Å². The molecule has 3 heteroatoms. The highest BCUT2D eigenvalue weighted by Crippen LogP contribution is 2.31. The van der Waals surface area contributed by atoms with Crippen molar-refractivity contribution in [1.82, 2.24) is 0 Å². The van der Waals surface area contributed by atoms with E-state index in [2.05, 4.69) is 0 Å². The fraction of sp³-hybridized carbons (Fsp3) is 0.235. The lowest BCUT2D eigenvalue weighted by molar-refractivity contribution is 0.0986. The van der Waals surface area contributed by atoms with E-state index in [9.17, 15) is 4.79 Å². The molecule has 0 aromatic heterocycles. The molecule has 0 aliphatic carbocycles. The number of rotatable bonds is 4. The molecule has 0 amide bonds. The monoisotopic (exact) mass is 288 g/mol. The van der Waals surface area contributed by atoms with Crippen LogP contribution in [0.1, 0.15) is 34.8 Å². The molecule has 0 aliphatic rings. The van der Waals surface area contributed by atoms with E-state index in [1.165, 1.54) is 0 Å². The Kier molecular flexibility index (Phi) is 4.46. The van der Waals surface area contributed by atoms with E-state index in [1.807, 2.05) is 51.1 Å². The second-order valence-electron chi connectivity index (χ2n) is 4.75. The van der Waals surface area contributed by atoms with E-state index < -0.39 is 0 Å². The van der Waals surface area contributed by atoms with Crippen LogP contribution in [0.15, 0.2) is 36.4 Å². The molecule has 2 nitrogen and oxygen atoms in total. The summed E-state index contributed by atoms with van der Waals surface area (Å²) in [4.78, 5) is 11.9. The number of ether oxygens (including phenoxy) is 1. The highest BCUT2D eigenvalue weighted by molar-refractivity contribution is 6.32. The molecule has 20 heavy (non-hydrogen) atoms. The molecule has 2 rings (SSSR count). The molecule has 0 saturated heterocycles. The van der Waals surface area contributed by atoms with Crippen LogP contribution in [0.4, 0.5) is 0 Å². The third-order valence-electron chi connectivity index (χ3n) is 3.15. The average molecular weight is 289 g/mol. The number of benzene rings is 2. The van der Waals surface area contributed by atoms with Crippen molar-refractivity contribution < 1.29 is 9.53 Å². The van der Waals surface area contributed by atoms with Crippen LogP contribution in [-0.2, 0) is 0 Å². The van der Waals surface area contributed by atoms with Gasteiger partial charge in [-0.15, -0.1) is 0 Å². The Morgan fingerprint density at radius 3 is 2.35 bits per heavy atom. The lowest BCUT2D eigenvalue weighted by Gasteiger charge is -2.12. The predicted molar refractivity (Wildman–Crippen MR) is 82.1 cm³/mol. The van der Waals surface area contributed by atoms with Crippen molar-refractivity contribution in [3.05, 3.63) is 58.1 Å². The predicted octanol–water partition coefficient (Wildman–Crippen LogP) is 5.34. The topological polar surface area (TPSA) is 26.3 Å². The van der Waals surface area contributed by atoms with Crippen LogP contribution in [0, 0.1) is 13.8 Å². The van der Waals surface area contributed by atoms with Gasteiger partial charge < -0.3 is 4.74 Å². The number of carbonyl (C=O) groups is 1. The van der Waals surface area contributed by atoms with Gasteiger partial charge in [0.2, 0.25) is 0 Å². The van der Waals surface area contributed by atoms with E-state index in [0.717, 1.165) is 16.1 Å². The van der Waals surface area contributed by atoms with Crippen molar-refractivity contribution in [3.63, 3.8) is 0 Å². The van der Waals surface area contributed by atoms with Crippen molar-refractivity contribution in [2.45, 2.75) is 27.2 Å². The number of para-hydroxylation sites is 1. The Balaban J connectivity index is 2.38. The quantitative estimate of drug-likeness (QED) is 0.710. The fourth-order valence-corrected chi connectivity index (χ4v) is 2.18. The van der Waals surface area contributed by atoms with Crippen molar-refractivity contribution in [2.24, 2.45) is 0 Å². The molecule has 104 valence electrons. The molecule has 0 unspecified atom stereocenters. The summed E-state index contributed by atoms with van der Waals surface area (Å²) in [6.45, 7) is 5.71. The van der Waals surface area contributed by atoms with Gasteiger partial charge in [-0.25, -0.2) is 0 Å². The van der Waals surface area contributed by atoms with Gasteiger partial charge >= 0.3 is 0 Å². The molecule has 0 radical (unpaired) electrons. The number of Topliss-reactive ketones (excluding diaryl/α,β-unsaturated/α-hetero) is 1. The smallest absolute Gasteiger partial charge is 0.166 e. The molecule has 0 N–H and O–H groups in total. The Morgan fingerprint density at radius 1 is 1.15 bits per heavy atom. The maximum absolute atomic E-state index is 11.9. The Hall–Kier alpha value is -1.80. The van der Waals surface area contributed by atoms with Crippen molar-refractivity contribution in [1.29, 1.82) is 0 Å². The number of hydrogen-bond acceptors (Lipinski definition) is 2. The first-order valence-electron chi connectivity index (χ1n) is 6.59. The number of halogens is 1. The molecular formula is C17H17ClO2. The average Bonchev–Trinajstić information content (AvgIpc) is 2.44. The number of ketones is 1. The third kappa shape index (κ3) is 3.02. The number of carbonyl (C=O) groups excluding carboxylic acids is 1. The zero-order valence-electron chi connectivity index (χ0n) is 11.9. The highest BCUT2D eigenvalue weighted by atomic mass is 35.5. The van der Waals surface area contributed by atoms with Crippen LogP contribution in [-0.4, -0.2) is 5.78 Å². The Morgan fingerprint density at radius 2 is 1.75 bits per heavy atom. The second-order valence-corrected chi connectivity index (χ2v) is 5.12. The summed E-state index contributed by atoms with van der Waals surface area (Å²) in [5.41, 5.74) is 2.53. The third-order valence-corrected chi connectivity index (χ3v) is 3.74. The van der Waals surface area contributed by atoms with E-state index in [1.54, 1.807) is 6.07 Å². The van der Waals surface area contributed by atoms with Gasteiger partial charge in [-0.2, -0.15) is 0 Å². The highest BCUT2D eigenvalue weighted by Gasteiger charge is 2.12. The van der Waals surface area contributed by atoms with Gasteiger partial charge in [0.25, 0.3) is 0 Å². The number of aryl methyl sites for hydroxylation is 2. The Bertz CT molecular complexity index is 624. The minimum Gasteiger partial charge on any atom is -0.457 e. The first kappa shape index (κ1) is 14.6. The molecule has 0 heterocycles. The van der Waals surface area contributed by atoms with Crippen LogP contribution < -0.4 is 4.74 Å². The zero-order valence-corrected chi connectivity index (χ0v) is 12.6. The molecule has 0 fully saturated rings. The zero-order chi connectivity index (χ0) is 14.7.